The van der Waals surface area contributed by atoms with Crippen LogP contribution in [0.3, 0.4) is 0 Å². The molecule has 0 heterocycles. The van der Waals surface area contributed by atoms with Crippen molar-refractivity contribution in [3.8, 4) is 11.5 Å². The molecule has 0 radical (unpaired) electrons. The summed E-state index contributed by atoms with van der Waals surface area (Å²) in [6, 6.07) is 14.3. The van der Waals surface area contributed by atoms with Gasteiger partial charge in [0, 0.05) is 22.6 Å². The molecule has 0 aliphatic heterocycles. The summed E-state index contributed by atoms with van der Waals surface area (Å²) in [6.07, 6.45) is 2.53. The number of benzene rings is 2. The van der Waals surface area contributed by atoms with Crippen LogP contribution in [0.4, 0.5) is 0 Å². The van der Waals surface area contributed by atoms with Crippen molar-refractivity contribution in [2.45, 2.75) is 25.4 Å². The van der Waals surface area contributed by atoms with Crippen LogP contribution < -0.4 is 10.1 Å². The molecule has 1 aliphatic rings. The Labute approximate surface area is 132 Å². The van der Waals surface area contributed by atoms with Crippen LogP contribution in [0.1, 0.15) is 18.4 Å². The lowest BCUT2D eigenvalue weighted by molar-refractivity contribution is 0.472. The van der Waals surface area contributed by atoms with E-state index in [0.717, 1.165) is 28.1 Å². The largest absolute Gasteiger partial charge is 0.455 e. The van der Waals surface area contributed by atoms with Gasteiger partial charge in [-0.1, -0.05) is 39.7 Å². The number of rotatable bonds is 5. The van der Waals surface area contributed by atoms with Crippen LogP contribution in [0.25, 0.3) is 0 Å². The van der Waals surface area contributed by atoms with Crippen LogP contribution in [-0.2, 0) is 6.54 Å². The minimum absolute atomic E-state index is 0.642. The van der Waals surface area contributed by atoms with Crippen molar-refractivity contribution in [3.05, 3.63) is 57.5 Å². The highest BCUT2D eigenvalue weighted by Gasteiger charge is 2.21. The third kappa shape index (κ3) is 3.54. The highest BCUT2D eigenvalue weighted by molar-refractivity contribution is 9.10. The molecule has 0 aromatic heterocycles. The summed E-state index contributed by atoms with van der Waals surface area (Å²) < 4.78 is 6.98. The van der Waals surface area contributed by atoms with Crippen molar-refractivity contribution < 1.29 is 4.74 Å². The highest BCUT2D eigenvalue weighted by Crippen LogP contribution is 2.34. The Morgan fingerprint density at radius 2 is 1.90 bits per heavy atom. The van der Waals surface area contributed by atoms with Gasteiger partial charge >= 0.3 is 0 Å². The van der Waals surface area contributed by atoms with E-state index >= 15 is 0 Å². The number of ether oxygens (including phenoxy) is 1. The second kappa shape index (κ2) is 6.17. The summed E-state index contributed by atoms with van der Waals surface area (Å²) in [5.41, 5.74) is 1.09. The van der Waals surface area contributed by atoms with E-state index < -0.39 is 0 Å². The van der Waals surface area contributed by atoms with E-state index in [4.69, 9.17) is 16.3 Å². The Hall–Kier alpha value is -1.03. The summed E-state index contributed by atoms with van der Waals surface area (Å²) in [4.78, 5) is 0. The summed E-state index contributed by atoms with van der Waals surface area (Å²) in [5.74, 6) is 1.53. The maximum atomic E-state index is 6.28. The zero-order valence-corrected chi connectivity index (χ0v) is 13.2. The average molecular weight is 353 g/mol. The van der Waals surface area contributed by atoms with Crippen LogP contribution in [-0.4, -0.2) is 6.04 Å². The van der Waals surface area contributed by atoms with Gasteiger partial charge in [-0.2, -0.15) is 0 Å². The van der Waals surface area contributed by atoms with Crippen LogP contribution in [0.2, 0.25) is 5.02 Å². The molecular formula is C16H15BrClNO. The SMILES string of the molecule is Clc1cccc(CNC2CC2)c1Oc1ccc(Br)cc1. The number of nitrogens with one attached hydrogen (secondary N) is 1. The first-order valence-electron chi connectivity index (χ1n) is 6.66. The predicted molar refractivity (Wildman–Crippen MR) is 85.5 cm³/mol. The lowest BCUT2D eigenvalue weighted by Crippen LogP contribution is -2.15. The number of hydrogen-bond donors (Lipinski definition) is 1. The molecule has 104 valence electrons. The average Bonchev–Trinajstić information content (AvgIpc) is 3.26. The lowest BCUT2D eigenvalue weighted by atomic mass is 10.2. The first-order chi connectivity index (χ1) is 9.72. The zero-order valence-electron chi connectivity index (χ0n) is 10.9. The molecule has 0 saturated heterocycles. The highest BCUT2D eigenvalue weighted by atomic mass is 79.9. The molecule has 2 aromatic rings. The molecule has 0 spiro atoms. The molecule has 2 nitrogen and oxygen atoms in total. The van der Waals surface area contributed by atoms with Crippen molar-refractivity contribution in [2.24, 2.45) is 0 Å². The topological polar surface area (TPSA) is 21.3 Å². The van der Waals surface area contributed by atoms with E-state index in [-0.39, 0.29) is 0 Å². The van der Waals surface area contributed by atoms with Crippen LogP contribution in [0.5, 0.6) is 11.5 Å². The van der Waals surface area contributed by atoms with Crippen LogP contribution in [0, 0.1) is 0 Å². The third-order valence-electron chi connectivity index (χ3n) is 3.24. The van der Waals surface area contributed by atoms with E-state index in [1.807, 2.05) is 36.4 Å². The van der Waals surface area contributed by atoms with E-state index in [9.17, 15) is 0 Å². The van der Waals surface area contributed by atoms with Gasteiger partial charge in [0.25, 0.3) is 0 Å². The minimum Gasteiger partial charge on any atom is -0.455 e. The van der Waals surface area contributed by atoms with Crippen molar-refractivity contribution in [1.82, 2.24) is 5.32 Å². The van der Waals surface area contributed by atoms with Gasteiger partial charge in [0.1, 0.15) is 11.5 Å². The minimum atomic E-state index is 0.642. The Kier molecular flexibility index (Phi) is 4.29. The lowest BCUT2D eigenvalue weighted by Gasteiger charge is -2.13. The van der Waals surface area contributed by atoms with Crippen LogP contribution >= 0.6 is 27.5 Å². The third-order valence-corrected chi connectivity index (χ3v) is 4.07. The standard InChI is InChI=1S/C16H15BrClNO/c17-12-4-8-14(9-5-12)20-16-11(2-1-3-15(16)18)10-19-13-6-7-13/h1-5,8-9,13,19H,6-7,10H2. The summed E-state index contributed by atoms with van der Waals surface area (Å²) in [7, 11) is 0. The van der Waals surface area contributed by atoms with E-state index in [2.05, 4.69) is 27.3 Å². The number of halogens is 2. The van der Waals surface area contributed by atoms with Crippen LogP contribution in [0.15, 0.2) is 46.9 Å². The Bertz CT molecular complexity index is 596. The number of para-hydroxylation sites is 1. The van der Waals surface area contributed by atoms with Gasteiger partial charge in [0.15, 0.2) is 0 Å². The molecular weight excluding hydrogens is 338 g/mol. The summed E-state index contributed by atoms with van der Waals surface area (Å²) >= 11 is 9.70. The first-order valence-corrected chi connectivity index (χ1v) is 7.83. The first kappa shape index (κ1) is 13.9. The Morgan fingerprint density at radius 1 is 1.15 bits per heavy atom. The normalized spacial score (nSPS) is 14.3. The van der Waals surface area contributed by atoms with E-state index in [1.54, 1.807) is 0 Å². The molecule has 0 unspecified atom stereocenters. The fourth-order valence-electron chi connectivity index (χ4n) is 1.97. The van der Waals surface area contributed by atoms with Gasteiger partial charge in [-0.3, -0.25) is 0 Å². The quantitative estimate of drug-likeness (QED) is 0.804. The number of hydrogen-bond acceptors (Lipinski definition) is 2. The van der Waals surface area contributed by atoms with Gasteiger partial charge in [0.2, 0.25) is 0 Å². The van der Waals surface area contributed by atoms with E-state index in [1.165, 1.54) is 12.8 Å². The van der Waals surface area contributed by atoms with Gasteiger partial charge in [-0.25, -0.2) is 0 Å². The molecule has 2 aromatic carbocycles. The van der Waals surface area contributed by atoms with E-state index in [0.29, 0.717) is 11.1 Å². The van der Waals surface area contributed by atoms with Crippen molar-refractivity contribution in [1.29, 1.82) is 0 Å². The van der Waals surface area contributed by atoms with Crippen molar-refractivity contribution in [2.75, 3.05) is 0 Å². The second-order valence-corrected chi connectivity index (χ2v) is 6.26. The molecule has 3 rings (SSSR count). The maximum Gasteiger partial charge on any atom is 0.150 e. The monoisotopic (exact) mass is 351 g/mol. The van der Waals surface area contributed by atoms with Gasteiger partial charge in [-0.05, 0) is 43.2 Å². The fraction of sp³-hybridized carbons (Fsp3) is 0.250. The Balaban J connectivity index is 1.80. The molecule has 0 amide bonds. The Morgan fingerprint density at radius 3 is 2.60 bits per heavy atom. The molecule has 1 aliphatic carbocycles. The zero-order chi connectivity index (χ0) is 13.9. The maximum absolute atomic E-state index is 6.28. The van der Waals surface area contributed by atoms with Gasteiger partial charge in [0.05, 0.1) is 5.02 Å². The van der Waals surface area contributed by atoms with Gasteiger partial charge < -0.3 is 10.1 Å². The predicted octanol–water partition coefficient (Wildman–Crippen LogP) is 5.15. The molecule has 1 N–H and O–H groups in total. The molecule has 20 heavy (non-hydrogen) atoms. The second-order valence-electron chi connectivity index (χ2n) is 4.94. The molecule has 0 atom stereocenters. The smallest absolute Gasteiger partial charge is 0.150 e. The summed E-state index contributed by atoms with van der Waals surface area (Å²) in [5, 5.41) is 4.13. The molecule has 1 fully saturated rings. The molecule has 1 saturated carbocycles. The van der Waals surface area contributed by atoms with Gasteiger partial charge in [-0.15, -0.1) is 0 Å². The fourth-order valence-corrected chi connectivity index (χ4v) is 2.47. The van der Waals surface area contributed by atoms with Crippen molar-refractivity contribution in [3.63, 3.8) is 0 Å². The van der Waals surface area contributed by atoms with Crippen molar-refractivity contribution >= 4 is 27.5 Å². The molecule has 4 heteroatoms. The molecule has 0 bridgehead atoms. The summed E-state index contributed by atoms with van der Waals surface area (Å²) in [6.45, 7) is 0.789.